The van der Waals surface area contributed by atoms with Crippen molar-refractivity contribution in [2.45, 2.75) is 10.9 Å². The summed E-state index contributed by atoms with van der Waals surface area (Å²) in [7, 11) is -2.69. The van der Waals surface area contributed by atoms with Crippen molar-refractivity contribution < 1.29 is 28.0 Å². The van der Waals surface area contributed by atoms with E-state index in [1.54, 1.807) is 54.6 Å². The quantitative estimate of drug-likeness (QED) is 0.305. The molecule has 3 aromatic rings. The van der Waals surface area contributed by atoms with E-state index in [1.807, 2.05) is 0 Å². The van der Waals surface area contributed by atoms with Crippen LogP contribution in [0.2, 0.25) is 0 Å². The molecule has 166 valence electrons. The lowest BCUT2D eigenvalue weighted by Gasteiger charge is -2.19. The van der Waals surface area contributed by atoms with E-state index in [-0.39, 0.29) is 10.5 Å². The van der Waals surface area contributed by atoms with Crippen molar-refractivity contribution >= 4 is 27.5 Å². The summed E-state index contributed by atoms with van der Waals surface area (Å²) in [5.74, 6) is -0.858. The van der Waals surface area contributed by atoms with Gasteiger partial charge in [-0.1, -0.05) is 36.4 Å². The monoisotopic (exact) mass is 455 g/mol. The van der Waals surface area contributed by atoms with Crippen LogP contribution in [-0.4, -0.2) is 32.5 Å². The van der Waals surface area contributed by atoms with Crippen LogP contribution in [0.3, 0.4) is 0 Å². The number of hydrogen-bond acceptors (Lipinski definition) is 6. The molecule has 10 heteroatoms. The Balaban J connectivity index is 1.90. The number of amides is 2. The Morgan fingerprint density at radius 1 is 0.938 bits per heavy atom. The molecule has 9 nitrogen and oxygen atoms in total. The van der Waals surface area contributed by atoms with Crippen molar-refractivity contribution in [2.75, 3.05) is 12.4 Å². The normalized spacial score (nSPS) is 11.9. The molecule has 0 aliphatic carbocycles. The van der Waals surface area contributed by atoms with Crippen molar-refractivity contribution in [1.82, 2.24) is 10.2 Å². The molecule has 3 rings (SSSR count). The summed E-state index contributed by atoms with van der Waals surface area (Å²) in [6.07, 6.45) is 0. The number of benzene rings is 3. The second-order valence-electron chi connectivity index (χ2n) is 6.65. The van der Waals surface area contributed by atoms with Crippen LogP contribution in [0.5, 0.6) is 5.75 Å². The standard InChI is InChI=1S/C22H21N3O6S/c1-31-18-12-10-17(11-13-18)23-22(27)20(15-6-3-2-4-7-15)25-32(29,30)19-9-5-8-16(14-19)21(26)24-28/h2-14,20,25,28H,1H3,(H,23,27)(H,24,26)/t20-/m0/s1. The van der Waals surface area contributed by atoms with Crippen LogP contribution in [0.4, 0.5) is 5.69 Å². The number of rotatable bonds is 8. The highest BCUT2D eigenvalue weighted by Gasteiger charge is 2.28. The van der Waals surface area contributed by atoms with Gasteiger partial charge in [0, 0.05) is 11.3 Å². The van der Waals surface area contributed by atoms with Gasteiger partial charge in [0.15, 0.2) is 0 Å². The van der Waals surface area contributed by atoms with Crippen LogP contribution >= 0.6 is 0 Å². The van der Waals surface area contributed by atoms with E-state index in [9.17, 15) is 18.0 Å². The predicted molar refractivity (Wildman–Crippen MR) is 117 cm³/mol. The summed E-state index contributed by atoms with van der Waals surface area (Å²) in [6, 6.07) is 18.8. The minimum Gasteiger partial charge on any atom is -0.497 e. The number of hydrogen-bond donors (Lipinski definition) is 4. The van der Waals surface area contributed by atoms with Gasteiger partial charge in [0.25, 0.3) is 5.91 Å². The molecule has 0 saturated heterocycles. The Bertz CT molecular complexity index is 1200. The van der Waals surface area contributed by atoms with Gasteiger partial charge in [-0.3, -0.25) is 14.8 Å². The van der Waals surface area contributed by atoms with Crippen LogP contribution in [0.15, 0.2) is 83.8 Å². The second kappa shape index (κ2) is 10.1. The fourth-order valence-electron chi connectivity index (χ4n) is 2.90. The molecular weight excluding hydrogens is 434 g/mol. The maximum Gasteiger partial charge on any atom is 0.274 e. The summed E-state index contributed by atoms with van der Waals surface area (Å²) in [5, 5.41) is 11.5. The Kier molecular flexibility index (Phi) is 7.21. The Morgan fingerprint density at radius 3 is 2.25 bits per heavy atom. The lowest BCUT2D eigenvalue weighted by Crippen LogP contribution is -2.37. The first-order chi connectivity index (χ1) is 15.3. The number of sulfonamides is 1. The van der Waals surface area contributed by atoms with Gasteiger partial charge in [-0.05, 0) is 48.0 Å². The third-order valence-electron chi connectivity index (χ3n) is 4.53. The number of hydroxylamine groups is 1. The van der Waals surface area contributed by atoms with E-state index in [1.165, 1.54) is 30.8 Å². The summed E-state index contributed by atoms with van der Waals surface area (Å²) in [6.45, 7) is 0. The topological polar surface area (TPSA) is 134 Å². The molecule has 4 N–H and O–H groups in total. The van der Waals surface area contributed by atoms with E-state index < -0.39 is 27.9 Å². The average molecular weight is 455 g/mol. The number of nitrogens with one attached hydrogen (secondary N) is 3. The molecule has 0 heterocycles. The van der Waals surface area contributed by atoms with Crippen LogP contribution in [0, 0.1) is 0 Å². The minimum absolute atomic E-state index is 0.0608. The molecule has 0 unspecified atom stereocenters. The molecule has 2 amide bonds. The average Bonchev–Trinajstić information content (AvgIpc) is 2.83. The van der Waals surface area contributed by atoms with Gasteiger partial charge >= 0.3 is 0 Å². The largest absolute Gasteiger partial charge is 0.497 e. The van der Waals surface area contributed by atoms with Crippen LogP contribution in [0.1, 0.15) is 22.0 Å². The SMILES string of the molecule is COc1ccc(NC(=O)[C@@H](NS(=O)(=O)c2cccc(C(=O)NO)c2)c2ccccc2)cc1. The molecule has 0 aromatic heterocycles. The smallest absolute Gasteiger partial charge is 0.274 e. The summed E-state index contributed by atoms with van der Waals surface area (Å²) >= 11 is 0. The molecule has 0 radical (unpaired) electrons. The lowest BCUT2D eigenvalue weighted by atomic mass is 10.1. The molecule has 1 atom stereocenters. The van der Waals surface area contributed by atoms with Crippen molar-refractivity contribution in [3.63, 3.8) is 0 Å². The molecule has 0 aliphatic rings. The number of ether oxygens (including phenoxy) is 1. The summed E-state index contributed by atoms with van der Waals surface area (Å²) in [5.41, 5.74) is 2.27. The third kappa shape index (κ3) is 5.49. The lowest BCUT2D eigenvalue weighted by molar-refractivity contribution is -0.117. The van der Waals surface area contributed by atoms with Gasteiger partial charge in [-0.15, -0.1) is 0 Å². The predicted octanol–water partition coefficient (Wildman–Crippen LogP) is 2.47. The third-order valence-corrected chi connectivity index (χ3v) is 5.95. The highest BCUT2D eigenvalue weighted by Crippen LogP contribution is 2.21. The highest BCUT2D eigenvalue weighted by molar-refractivity contribution is 7.89. The van der Waals surface area contributed by atoms with E-state index in [0.29, 0.717) is 17.0 Å². The maximum atomic E-state index is 13.0. The van der Waals surface area contributed by atoms with Gasteiger partial charge in [-0.2, -0.15) is 4.72 Å². The van der Waals surface area contributed by atoms with E-state index in [2.05, 4.69) is 10.0 Å². The van der Waals surface area contributed by atoms with E-state index in [0.717, 1.165) is 6.07 Å². The van der Waals surface area contributed by atoms with Crippen molar-refractivity contribution in [3.8, 4) is 5.75 Å². The van der Waals surface area contributed by atoms with E-state index in [4.69, 9.17) is 9.94 Å². The van der Waals surface area contributed by atoms with Gasteiger partial charge in [0.05, 0.1) is 12.0 Å². The van der Waals surface area contributed by atoms with E-state index >= 15 is 0 Å². The van der Waals surface area contributed by atoms with Crippen LogP contribution < -0.4 is 20.3 Å². The van der Waals surface area contributed by atoms with Crippen molar-refractivity contribution in [3.05, 3.63) is 90.0 Å². The highest BCUT2D eigenvalue weighted by atomic mass is 32.2. The summed E-state index contributed by atoms with van der Waals surface area (Å²) < 4.78 is 33.5. The zero-order valence-corrected chi connectivity index (χ0v) is 17.8. The number of carbonyl (C=O) groups excluding carboxylic acids is 2. The number of anilines is 1. The molecule has 0 fully saturated rings. The van der Waals surface area contributed by atoms with Crippen LogP contribution in [-0.2, 0) is 14.8 Å². The maximum absolute atomic E-state index is 13.0. The number of carbonyl (C=O) groups is 2. The Morgan fingerprint density at radius 2 is 1.62 bits per heavy atom. The summed E-state index contributed by atoms with van der Waals surface area (Å²) in [4.78, 5) is 24.4. The fourth-order valence-corrected chi connectivity index (χ4v) is 4.13. The first kappa shape index (κ1) is 22.9. The number of methoxy groups -OCH3 is 1. The molecule has 0 saturated carbocycles. The van der Waals surface area contributed by atoms with Gasteiger partial charge in [-0.25, -0.2) is 13.9 Å². The zero-order chi connectivity index (χ0) is 23.1. The second-order valence-corrected chi connectivity index (χ2v) is 8.37. The molecular formula is C22H21N3O6S. The minimum atomic E-state index is -4.21. The molecule has 0 bridgehead atoms. The molecule has 32 heavy (non-hydrogen) atoms. The first-order valence-electron chi connectivity index (χ1n) is 9.41. The molecule has 0 spiro atoms. The molecule has 0 aliphatic heterocycles. The van der Waals surface area contributed by atoms with Crippen molar-refractivity contribution in [1.29, 1.82) is 0 Å². The zero-order valence-electron chi connectivity index (χ0n) is 17.0. The molecule has 3 aromatic carbocycles. The fraction of sp³-hybridized carbons (Fsp3) is 0.0909. The Hall–Kier alpha value is -3.73. The van der Waals surface area contributed by atoms with Gasteiger partial charge < -0.3 is 10.1 Å². The van der Waals surface area contributed by atoms with Crippen molar-refractivity contribution in [2.24, 2.45) is 0 Å². The van der Waals surface area contributed by atoms with Crippen LogP contribution in [0.25, 0.3) is 0 Å². The van der Waals surface area contributed by atoms with Gasteiger partial charge in [0.1, 0.15) is 11.8 Å². The van der Waals surface area contributed by atoms with Gasteiger partial charge in [0.2, 0.25) is 15.9 Å². The first-order valence-corrected chi connectivity index (χ1v) is 10.9. The Labute approximate surface area is 185 Å².